The Morgan fingerprint density at radius 1 is 1.28 bits per heavy atom. The standard InChI is InChI=1S/C13H20N2O2.ClH/c14-8-4-9-15-13(16)7-10-17-11-12-5-2-1-3-6-12;/h1-3,5-6H,4,7-11,14H2,(H,15,16);1H. The lowest BCUT2D eigenvalue weighted by molar-refractivity contribution is -0.122. The van der Waals surface area contributed by atoms with Crippen molar-refractivity contribution in [3.05, 3.63) is 35.9 Å². The Morgan fingerprint density at radius 3 is 2.67 bits per heavy atom. The van der Waals surface area contributed by atoms with E-state index in [1.165, 1.54) is 0 Å². The van der Waals surface area contributed by atoms with Gasteiger partial charge in [0.05, 0.1) is 13.2 Å². The number of carbonyl (C=O) groups is 1. The second-order valence-electron chi connectivity index (χ2n) is 3.78. The van der Waals surface area contributed by atoms with Gasteiger partial charge in [-0.3, -0.25) is 4.79 Å². The van der Waals surface area contributed by atoms with Crippen LogP contribution in [0.5, 0.6) is 0 Å². The number of ether oxygens (including phenoxy) is 1. The van der Waals surface area contributed by atoms with Crippen molar-refractivity contribution >= 4 is 18.3 Å². The van der Waals surface area contributed by atoms with Crippen molar-refractivity contribution in [2.24, 2.45) is 5.73 Å². The first-order valence-electron chi connectivity index (χ1n) is 5.91. The third-order valence-corrected chi connectivity index (χ3v) is 2.29. The van der Waals surface area contributed by atoms with Gasteiger partial charge in [0.25, 0.3) is 0 Å². The highest BCUT2D eigenvalue weighted by Gasteiger charge is 2.00. The van der Waals surface area contributed by atoms with E-state index in [1.54, 1.807) is 0 Å². The van der Waals surface area contributed by atoms with Crippen molar-refractivity contribution in [2.45, 2.75) is 19.4 Å². The summed E-state index contributed by atoms with van der Waals surface area (Å²) in [7, 11) is 0. The molecule has 5 heteroatoms. The number of halogens is 1. The highest BCUT2D eigenvalue weighted by atomic mass is 35.5. The average molecular weight is 273 g/mol. The van der Waals surface area contributed by atoms with Crippen molar-refractivity contribution < 1.29 is 9.53 Å². The first-order valence-corrected chi connectivity index (χ1v) is 5.91. The van der Waals surface area contributed by atoms with Gasteiger partial charge in [0.2, 0.25) is 5.91 Å². The van der Waals surface area contributed by atoms with Gasteiger partial charge in [0.15, 0.2) is 0 Å². The van der Waals surface area contributed by atoms with Gasteiger partial charge in [-0.25, -0.2) is 0 Å². The van der Waals surface area contributed by atoms with Crippen molar-refractivity contribution in [3.8, 4) is 0 Å². The zero-order valence-electron chi connectivity index (χ0n) is 10.4. The number of amides is 1. The lowest BCUT2D eigenvalue weighted by atomic mass is 10.2. The van der Waals surface area contributed by atoms with Crippen LogP contribution in [0.4, 0.5) is 0 Å². The number of hydrogen-bond donors (Lipinski definition) is 2. The highest BCUT2D eigenvalue weighted by Crippen LogP contribution is 2.00. The average Bonchev–Trinajstić information content (AvgIpc) is 2.36. The van der Waals surface area contributed by atoms with Crippen LogP contribution in [0.15, 0.2) is 30.3 Å². The van der Waals surface area contributed by atoms with Crippen LogP contribution in [-0.4, -0.2) is 25.6 Å². The number of rotatable bonds is 8. The molecule has 0 aliphatic carbocycles. The molecule has 1 rings (SSSR count). The Bertz CT molecular complexity index is 320. The van der Waals surface area contributed by atoms with E-state index in [9.17, 15) is 4.79 Å². The maximum atomic E-state index is 11.3. The van der Waals surface area contributed by atoms with Gasteiger partial charge < -0.3 is 15.8 Å². The maximum Gasteiger partial charge on any atom is 0.222 e. The summed E-state index contributed by atoms with van der Waals surface area (Å²) in [5.41, 5.74) is 6.45. The third kappa shape index (κ3) is 8.06. The van der Waals surface area contributed by atoms with Crippen molar-refractivity contribution in [1.82, 2.24) is 5.32 Å². The van der Waals surface area contributed by atoms with Gasteiger partial charge in [-0.1, -0.05) is 30.3 Å². The third-order valence-electron chi connectivity index (χ3n) is 2.29. The van der Waals surface area contributed by atoms with E-state index >= 15 is 0 Å². The fourth-order valence-electron chi connectivity index (χ4n) is 1.35. The molecule has 1 aromatic carbocycles. The molecule has 1 amide bonds. The fourth-order valence-corrected chi connectivity index (χ4v) is 1.35. The van der Waals surface area contributed by atoms with E-state index in [4.69, 9.17) is 10.5 Å². The Kier molecular flexibility index (Phi) is 10.3. The molecule has 0 aliphatic rings. The zero-order valence-corrected chi connectivity index (χ0v) is 11.2. The topological polar surface area (TPSA) is 64.3 Å². The molecular weight excluding hydrogens is 252 g/mol. The van der Waals surface area contributed by atoms with Crippen LogP contribution < -0.4 is 11.1 Å². The molecule has 0 heterocycles. The van der Waals surface area contributed by atoms with Gasteiger partial charge in [-0.05, 0) is 18.5 Å². The lowest BCUT2D eigenvalue weighted by Crippen LogP contribution is -2.26. The van der Waals surface area contributed by atoms with Gasteiger partial charge in [0, 0.05) is 13.0 Å². The second kappa shape index (κ2) is 11.0. The number of hydrogen-bond acceptors (Lipinski definition) is 3. The van der Waals surface area contributed by atoms with Crippen LogP contribution in [0.3, 0.4) is 0 Å². The predicted octanol–water partition coefficient (Wildman–Crippen LogP) is 1.48. The number of carbonyl (C=O) groups excluding carboxylic acids is 1. The fraction of sp³-hybridized carbons (Fsp3) is 0.462. The molecule has 0 saturated carbocycles. The van der Waals surface area contributed by atoms with Gasteiger partial charge in [-0.15, -0.1) is 12.4 Å². The summed E-state index contributed by atoms with van der Waals surface area (Å²) in [6, 6.07) is 9.91. The molecule has 102 valence electrons. The van der Waals surface area contributed by atoms with Gasteiger partial charge in [-0.2, -0.15) is 0 Å². The Balaban J connectivity index is 0.00000289. The molecule has 0 aliphatic heterocycles. The minimum Gasteiger partial charge on any atom is -0.376 e. The first kappa shape index (κ1) is 16.9. The summed E-state index contributed by atoms with van der Waals surface area (Å²) in [4.78, 5) is 11.3. The van der Waals surface area contributed by atoms with E-state index in [0.29, 0.717) is 32.7 Å². The lowest BCUT2D eigenvalue weighted by Gasteiger charge is -2.05. The molecule has 0 atom stereocenters. The van der Waals surface area contributed by atoms with Crippen LogP contribution in [0.2, 0.25) is 0 Å². The summed E-state index contributed by atoms with van der Waals surface area (Å²) in [5, 5.41) is 2.78. The summed E-state index contributed by atoms with van der Waals surface area (Å²) in [6.45, 7) is 2.25. The molecule has 0 fully saturated rings. The van der Waals surface area contributed by atoms with Crippen LogP contribution in [0, 0.1) is 0 Å². The SMILES string of the molecule is Cl.NCCCNC(=O)CCOCc1ccccc1. The van der Waals surface area contributed by atoms with Gasteiger partial charge >= 0.3 is 0 Å². The number of nitrogens with two attached hydrogens (primary N) is 1. The summed E-state index contributed by atoms with van der Waals surface area (Å²) in [5.74, 6) is 0.0199. The summed E-state index contributed by atoms with van der Waals surface area (Å²) >= 11 is 0. The summed E-state index contributed by atoms with van der Waals surface area (Å²) in [6.07, 6.45) is 1.22. The monoisotopic (exact) mass is 272 g/mol. The van der Waals surface area contributed by atoms with E-state index in [1.807, 2.05) is 30.3 Å². The Hall–Kier alpha value is -1.10. The van der Waals surface area contributed by atoms with Crippen LogP contribution in [0.25, 0.3) is 0 Å². The molecule has 0 saturated heterocycles. The van der Waals surface area contributed by atoms with Crippen molar-refractivity contribution in [3.63, 3.8) is 0 Å². The molecule has 1 aromatic rings. The zero-order chi connectivity index (χ0) is 12.3. The highest BCUT2D eigenvalue weighted by molar-refractivity contribution is 5.85. The van der Waals surface area contributed by atoms with Crippen LogP contribution in [0.1, 0.15) is 18.4 Å². The van der Waals surface area contributed by atoms with Crippen molar-refractivity contribution in [2.75, 3.05) is 19.7 Å². The minimum atomic E-state index is 0. The largest absolute Gasteiger partial charge is 0.376 e. The number of nitrogens with one attached hydrogen (secondary N) is 1. The maximum absolute atomic E-state index is 11.3. The molecule has 0 aromatic heterocycles. The normalized spacial score (nSPS) is 9.61. The summed E-state index contributed by atoms with van der Waals surface area (Å²) < 4.78 is 5.41. The molecular formula is C13H21ClN2O2. The van der Waals surface area contributed by atoms with Crippen LogP contribution >= 0.6 is 12.4 Å². The molecule has 0 spiro atoms. The van der Waals surface area contributed by atoms with E-state index < -0.39 is 0 Å². The smallest absolute Gasteiger partial charge is 0.222 e. The predicted molar refractivity (Wildman–Crippen MR) is 74.6 cm³/mol. The van der Waals surface area contributed by atoms with E-state index in [0.717, 1.165) is 12.0 Å². The quantitative estimate of drug-likeness (QED) is 0.705. The first-order chi connectivity index (χ1) is 8.33. The Labute approximate surface area is 114 Å². The molecule has 0 bridgehead atoms. The van der Waals surface area contributed by atoms with Gasteiger partial charge in [0.1, 0.15) is 0 Å². The van der Waals surface area contributed by atoms with E-state index in [2.05, 4.69) is 5.32 Å². The van der Waals surface area contributed by atoms with Crippen LogP contribution in [-0.2, 0) is 16.1 Å². The molecule has 3 N–H and O–H groups in total. The molecule has 0 unspecified atom stereocenters. The second-order valence-corrected chi connectivity index (χ2v) is 3.78. The number of benzene rings is 1. The molecule has 18 heavy (non-hydrogen) atoms. The van der Waals surface area contributed by atoms with Crippen molar-refractivity contribution in [1.29, 1.82) is 0 Å². The molecule has 0 radical (unpaired) electrons. The van der Waals surface area contributed by atoms with E-state index in [-0.39, 0.29) is 18.3 Å². The minimum absolute atomic E-state index is 0. The molecule has 4 nitrogen and oxygen atoms in total. The Morgan fingerprint density at radius 2 is 2.00 bits per heavy atom.